The van der Waals surface area contributed by atoms with Crippen molar-refractivity contribution < 1.29 is 36.6 Å². The summed E-state index contributed by atoms with van der Waals surface area (Å²) < 4.78 is 77.6. The van der Waals surface area contributed by atoms with E-state index in [4.69, 9.17) is 10.5 Å². The van der Waals surface area contributed by atoms with Crippen molar-refractivity contribution in [2.24, 2.45) is 0 Å². The quantitative estimate of drug-likeness (QED) is 0.154. The van der Waals surface area contributed by atoms with Crippen LogP contribution in [-0.2, 0) is 12.4 Å². The zero-order valence-corrected chi connectivity index (χ0v) is 33.4. The van der Waals surface area contributed by atoms with Gasteiger partial charge in [0.05, 0.1) is 45.5 Å². The third kappa shape index (κ3) is 9.99. The summed E-state index contributed by atoms with van der Waals surface area (Å²) in [6.45, 7) is 3.65. The number of nitriles is 2. The topological polar surface area (TPSA) is 165 Å². The van der Waals surface area contributed by atoms with Crippen LogP contribution in [0.25, 0.3) is 68.3 Å². The number of phenolic OH excluding ortho intramolecular Hbond substituents is 2. The fraction of sp³-hybridized carbons (Fsp3) is 0.0833. The van der Waals surface area contributed by atoms with Crippen LogP contribution in [0.15, 0.2) is 133 Å². The summed E-state index contributed by atoms with van der Waals surface area (Å²) in [7, 11) is 0. The van der Waals surface area contributed by atoms with Crippen molar-refractivity contribution in [3.05, 3.63) is 167 Å². The van der Waals surface area contributed by atoms with Gasteiger partial charge in [-0.05, 0) is 122 Å². The summed E-state index contributed by atoms with van der Waals surface area (Å²) in [6.07, 6.45) is -9.05. The molecular weight excluding hydrogens is 835 g/mol. The molecule has 16 heteroatoms. The van der Waals surface area contributed by atoms with Gasteiger partial charge in [-0.2, -0.15) is 36.9 Å². The number of rotatable bonds is 6. The zero-order chi connectivity index (χ0) is 45.8. The maximum Gasteiger partial charge on any atom is 0.416 e. The number of aromatic hydroxyl groups is 2. The molecule has 0 fully saturated rings. The number of alkyl halides is 6. The number of nitrogens with zero attached hydrogens (tertiary/aromatic N) is 8. The van der Waals surface area contributed by atoms with E-state index < -0.39 is 23.5 Å². The van der Waals surface area contributed by atoms with Gasteiger partial charge in [0.25, 0.3) is 0 Å². The molecule has 2 N–H and O–H groups in total. The minimum absolute atomic E-state index is 0.00593. The van der Waals surface area contributed by atoms with E-state index in [1.165, 1.54) is 30.3 Å². The van der Waals surface area contributed by atoms with Crippen LogP contribution in [0.3, 0.4) is 0 Å². The lowest BCUT2D eigenvalue weighted by Gasteiger charge is -2.11. The Kier molecular flexibility index (Phi) is 12.2. The second-order valence-electron chi connectivity index (χ2n) is 14.2. The second-order valence-corrected chi connectivity index (χ2v) is 14.2. The largest absolute Gasteiger partial charge is 0.507 e. The molecule has 2 heterocycles. The van der Waals surface area contributed by atoms with Gasteiger partial charge in [-0.25, -0.2) is 29.9 Å². The van der Waals surface area contributed by atoms with E-state index in [0.717, 1.165) is 46.5 Å². The molecule has 0 atom stereocenters. The Bertz CT molecular complexity index is 2920. The molecule has 316 valence electrons. The van der Waals surface area contributed by atoms with Crippen LogP contribution in [-0.4, -0.2) is 40.1 Å². The van der Waals surface area contributed by atoms with Gasteiger partial charge in [0.1, 0.15) is 11.5 Å². The van der Waals surface area contributed by atoms with Crippen molar-refractivity contribution >= 4 is 0 Å². The molecule has 0 aliphatic heterocycles. The van der Waals surface area contributed by atoms with Crippen LogP contribution in [0.4, 0.5) is 26.3 Å². The Labute approximate surface area is 361 Å². The Morgan fingerprint density at radius 2 is 0.656 bits per heavy atom. The highest BCUT2D eigenvalue weighted by Gasteiger charge is 2.31. The van der Waals surface area contributed by atoms with Crippen molar-refractivity contribution in [2.75, 3.05) is 0 Å². The summed E-state index contributed by atoms with van der Waals surface area (Å²) in [5, 5.41) is 38.9. The minimum atomic E-state index is -4.53. The number of aryl methyl sites for hydroxylation is 2. The Morgan fingerprint density at radius 3 is 0.906 bits per heavy atom. The second kappa shape index (κ2) is 17.8. The first-order valence-electron chi connectivity index (χ1n) is 19.0. The highest BCUT2D eigenvalue weighted by atomic mass is 19.4. The molecule has 0 amide bonds. The van der Waals surface area contributed by atoms with Gasteiger partial charge >= 0.3 is 12.4 Å². The van der Waals surface area contributed by atoms with E-state index in [-0.39, 0.29) is 45.7 Å². The van der Waals surface area contributed by atoms with Gasteiger partial charge in [-0.15, -0.1) is 0 Å². The van der Waals surface area contributed by atoms with Crippen LogP contribution < -0.4 is 0 Å². The zero-order valence-electron chi connectivity index (χ0n) is 33.4. The van der Waals surface area contributed by atoms with E-state index in [9.17, 15) is 36.6 Å². The predicted molar refractivity (Wildman–Crippen MR) is 225 cm³/mol. The first-order valence-corrected chi connectivity index (χ1v) is 19.0. The van der Waals surface area contributed by atoms with Gasteiger partial charge in [-0.3, -0.25) is 0 Å². The monoisotopic (exact) mass is 864 g/mol. The summed E-state index contributed by atoms with van der Waals surface area (Å²) in [5.41, 5.74) is 3.68. The SMILES string of the molecule is Cc1ccc(-c2nc(-c3ccc(C#N)cc3)nc(-c3ccc(C#N)cc3)n2)c(O)c1.Cc1ccc(-c2nc(-c3ccc(C(F)(F)F)cc3)nc(-c3ccc(C(F)(F)F)cc3)n2)c(O)c1. The maximum absolute atomic E-state index is 12.9. The van der Waals surface area contributed by atoms with Crippen molar-refractivity contribution in [3.63, 3.8) is 0 Å². The first kappa shape index (κ1) is 43.6. The Morgan fingerprint density at radius 1 is 0.391 bits per heavy atom. The van der Waals surface area contributed by atoms with Gasteiger partial charge in [-0.1, -0.05) is 36.4 Å². The molecular formula is C48H30F6N8O2. The molecule has 0 saturated heterocycles. The van der Waals surface area contributed by atoms with Gasteiger partial charge in [0.2, 0.25) is 0 Å². The van der Waals surface area contributed by atoms with Gasteiger partial charge in [0, 0.05) is 22.3 Å². The number of hydrogen-bond donors (Lipinski definition) is 2. The van der Waals surface area contributed by atoms with Crippen LogP contribution >= 0.6 is 0 Å². The minimum Gasteiger partial charge on any atom is -0.507 e. The van der Waals surface area contributed by atoms with E-state index in [2.05, 4.69) is 42.0 Å². The van der Waals surface area contributed by atoms with E-state index in [1.807, 2.05) is 13.0 Å². The average molecular weight is 865 g/mol. The molecule has 64 heavy (non-hydrogen) atoms. The third-order valence-electron chi connectivity index (χ3n) is 9.54. The van der Waals surface area contributed by atoms with Crippen LogP contribution in [0.5, 0.6) is 11.5 Å². The number of phenols is 2. The lowest BCUT2D eigenvalue weighted by molar-refractivity contribution is -0.138. The molecule has 8 rings (SSSR count). The van der Waals surface area contributed by atoms with E-state index in [0.29, 0.717) is 34.2 Å². The maximum atomic E-state index is 12.9. The standard InChI is InChI=1S/C24H15F6N3O.C24H15N5O/c1-13-2-11-18(19(34)12-13)22-32-20(14-3-7-16(8-4-14)23(25,26)27)31-21(33-22)15-5-9-17(10-6-15)24(28,29)30;1-15-2-11-20(21(30)12-15)24-28-22(18-7-3-16(13-25)4-8-18)27-23(29-24)19-9-5-17(14-26)6-10-19/h2-12,34H,1H3;2-12,30H,1H3. The molecule has 0 radical (unpaired) electrons. The number of aromatic nitrogens is 6. The van der Waals surface area contributed by atoms with Crippen LogP contribution in [0.1, 0.15) is 33.4 Å². The smallest absolute Gasteiger partial charge is 0.416 e. The van der Waals surface area contributed by atoms with Crippen molar-refractivity contribution in [3.8, 4) is 92.0 Å². The molecule has 10 nitrogen and oxygen atoms in total. The molecule has 0 aliphatic carbocycles. The normalized spacial score (nSPS) is 11.2. The lowest BCUT2D eigenvalue weighted by Crippen LogP contribution is -2.05. The Balaban J connectivity index is 0.000000193. The number of hydrogen-bond acceptors (Lipinski definition) is 10. The Hall–Kier alpha value is -8.50. The summed E-state index contributed by atoms with van der Waals surface area (Å²) in [6, 6.07) is 36.4. The lowest BCUT2D eigenvalue weighted by atomic mass is 10.1. The average Bonchev–Trinajstić information content (AvgIpc) is 3.28. The highest BCUT2D eigenvalue weighted by molar-refractivity contribution is 5.72. The predicted octanol–water partition coefficient (Wildman–Crippen LogP) is 11.6. The molecule has 0 saturated carbocycles. The fourth-order valence-electron chi connectivity index (χ4n) is 6.17. The molecule has 2 aromatic heterocycles. The van der Waals surface area contributed by atoms with Gasteiger partial charge < -0.3 is 10.2 Å². The number of halogens is 6. The van der Waals surface area contributed by atoms with Crippen molar-refractivity contribution in [1.82, 2.24) is 29.9 Å². The number of benzene rings is 6. The third-order valence-corrected chi connectivity index (χ3v) is 9.54. The fourth-order valence-corrected chi connectivity index (χ4v) is 6.17. The summed E-state index contributed by atoms with van der Waals surface area (Å²) in [4.78, 5) is 26.6. The van der Waals surface area contributed by atoms with E-state index in [1.54, 1.807) is 79.7 Å². The molecule has 0 spiro atoms. The molecule has 8 aromatic rings. The molecule has 0 bridgehead atoms. The van der Waals surface area contributed by atoms with Gasteiger partial charge in [0.15, 0.2) is 34.9 Å². The molecule has 6 aromatic carbocycles. The van der Waals surface area contributed by atoms with Crippen LogP contribution in [0, 0.1) is 36.5 Å². The molecule has 0 unspecified atom stereocenters. The van der Waals surface area contributed by atoms with E-state index >= 15 is 0 Å². The van der Waals surface area contributed by atoms with Crippen molar-refractivity contribution in [1.29, 1.82) is 10.5 Å². The first-order chi connectivity index (χ1) is 30.5. The highest BCUT2D eigenvalue weighted by Crippen LogP contribution is 2.35. The van der Waals surface area contributed by atoms with Crippen LogP contribution in [0.2, 0.25) is 0 Å². The summed E-state index contributed by atoms with van der Waals surface area (Å²) >= 11 is 0. The molecule has 0 aliphatic rings. The summed E-state index contributed by atoms with van der Waals surface area (Å²) in [5.74, 6) is 1.12. The van der Waals surface area contributed by atoms with Crippen molar-refractivity contribution in [2.45, 2.75) is 26.2 Å².